The first kappa shape index (κ1) is 3.83. The third-order valence-electron chi connectivity index (χ3n) is 0.518. The van der Waals surface area contributed by atoms with Gasteiger partial charge in [0.2, 0.25) is 0 Å². The van der Waals surface area contributed by atoms with Crippen LogP contribution in [0.1, 0.15) is 0 Å². The number of nitrogens with one attached hydrogen (secondary N) is 1. The smallest absolute Gasteiger partial charge is 0.307 e. The molecule has 1 aliphatic rings. The lowest BCUT2D eigenvalue weighted by Gasteiger charge is -1.78. The molecule has 6 heavy (non-hydrogen) atoms. The first-order valence-electron chi connectivity index (χ1n) is 1.63. The van der Waals surface area contributed by atoms with E-state index in [-0.39, 0.29) is 12.3 Å². The minimum atomic E-state index is -0.00463. The summed E-state index contributed by atoms with van der Waals surface area (Å²) in [5.74, 6) is 0. The Hall–Kier alpha value is -0.345. The number of rotatable bonds is 0. The van der Waals surface area contributed by atoms with E-state index in [1.165, 1.54) is 7.41 Å². The summed E-state index contributed by atoms with van der Waals surface area (Å²) in [4.78, 5) is 14.4. The first-order valence-corrected chi connectivity index (χ1v) is 1.63. The predicted molar refractivity (Wildman–Crippen MR) is 19.8 cm³/mol. The Morgan fingerprint density at radius 3 is 3.00 bits per heavy atom. The molecule has 0 unspecified atom stereocenters. The monoisotopic (exact) mass is 84.0 g/mol. The third kappa shape index (κ3) is 0.582. The van der Waals surface area contributed by atoms with Gasteiger partial charge in [0.25, 0.3) is 0 Å². The Balaban J connectivity index is 2.37. The van der Waals surface area contributed by atoms with Crippen LogP contribution < -0.4 is 5.39 Å². The van der Waals surface area contributed by atoms with Crippen LogP contribution in [0.2, 0.25) is 0 Å². The van der Waals surface area contributed by atoms with Gasteiger partial charge in [0, 0.05) is 0 Å². The van der Waals surface area contributed by atoms with E-state index >= 15 is 0 Å². The molecule has 1 heterocycles. The Morgan fingerprint density at radius 2 is 2.83 bits per heavy atom. The molecule has 0 aromatic heterocycles. The predicted octanol–water partition coefficient (Wildman–Crippen LogP) is -1.33. The molecule has 0 bridgehead atoms. The van der Waals surface area contributed by atoms with E-state index in [4.69, 9.17) is 0 Å². The van der Waals surface area contributed by atoms with Gasteiger partial charge in [0.1, 0.15) is 12.3 Å². The lowest BCUT2D eigenvalue weighted by atomic mass is 9.92. The summed E-state index contributed by atoms with van der Waals surface area (Å²) >= 11 is 0. The van der Waals surface area contributed by atoms with Crippen LogP contribution in [0.5, 0.6) is 0 Å². The van der Waals surface area contributed by atoms with Gasteiger partial charge in [0.05, 0.1) is 0 Å². The molecule has 31 valence electrons. The molecular formula is C2H3BNO2. The SMILES string of the molecule is O=C1[B]NOC1. The summed E-state index contributed by atoms with van der Waals surface area (Å²) in [5.41, 5.74) is -0.00463. The highest BCUT2D eigenvalue weighted by Gasteiger charge is 2.10. The van der Waals surface area contributed by atoms with Crippen LogP contribution >= 0.6 is 0 Å². The van der Waals surface area contributed by atoms with E-state index in [0.29, 0.717) is 0 Å². The first-order chi connectivity index (χ1) is 2.89. The van der Waals surface area contributed by atoms with Crippen molar-refractivity contribution in [2.75, 3.05) is 6.61 Å². The van der Waals surface area contributed by atoms with Crippen molar-refractivity contribution in [3.8, 4) is 0 Å². The van der Waals surface area contributed by atoms with E-state index < -0.39 is 0 Å². The van der Waals surface area contributed by atoms with Crippen LogP contribution in [0.15, 0.2) is 0 Å². The van der Waals surface area contributed by atoms with Crippen LogP contribution in [0.4, 0.5) is 0 Å². The fourth-order valence-corrected chi connectivity index (χ4v) is 0.262. The van der Waals surface area contributed by atoms with Gasteiger partial charge >= 0.3 is 7.41 Å². The highest BCUT2D eigenvalue weighted by atomic mass is 16.6. The van der Waals surface area contributed by atoms with Crippen molar-refractivity contribution in [1.82, 2.24) is 5.39 Å². The number of hydrogen-bond donors (Lipinski definition) is 1. The third-order valence-corrected chi connectivity index (χ3v) is 0.518. The molecule has 1 radical (unpaired) electrons. The fourth-order valence-electron chi connectivity index (χ4n) is 0.262. The van der Waals surface area contributed by atoms with E-state index in [1.807, 2.05) is 0 Å². The zero-order valence-corrected chi connectivity index (χ0v) is 3.10. The van der Waals surface area contributed by atoms with Crippen LogP contribution in [-0.4, -0.2) is 19.7 Å². The van der Waals surface area contributed by atoms with Crippen molar-refractivity contribution in [3.05, 3.63) is 0 Å². The van der Waals surface area contributed by atoms with Crippen LogP contribution in [-0.2, 0) is 9.63 Å². The largest absolute Gasteiger partial charge is 0.330 e. The molecule has 4 heteroatoms. The van der Waals surface area contributed by atoms with Crippen molar-refractivity contribution in [3.63, 3.8) is 0 Å². The van der Waals surface area contributed by atoms with Crippen LogP contribution in [0.25, 0.3) is 0 Å². The van der Waals surface area contributed by atoms with E-state index in [0.717, 1.165) is 0 Å². The summed E-state index contributed by atoms with van der Waals surface area (Å²) in [7, 11) is 1.29. The van der Waals surface area contributed by atoms with E-state index in [2.05, 4.69) is 10.2 Å². The van der Waals surface area contributed by atoms with E-state index in [1.54, 1.807) is 0 Å². The van der Waals surface area contributed by atoms with Gasteiger partial charge in [-0.15, -0.1) is 0 Å². The van der Waals surface area contributed by atoms with Gasteiger partial charge in [-0.3, -0.25) is 0 Å². The number of carbonyl (C=O) groups excluding carboxylic acids is 1. The Kier molecular flexibility index (Phi) is 0.897. The number of hydrogen-bond acceptors (Lipinski definition) is 3. The maximum Gasteiger partial charge on any atom is 0.330 e. The molecule has 3 nitrogen and oxygen atoms in total. The van der Waals surface area contributed by atoms with Gasteiger partial charge in [-0.1, -0.05) is 0 Å². The van der Waals surface area contributed by atoms with Crippen molar-refractivity contribution in [1.29, 1.82) is 0 Å². The average molecular weight is 83.9 g/mol. The van der Waals surface area contributed by atoms with Gasteiger partial charge in [0.15, 0.2) is 0 Å². The summed E-state index contributed by atoms with van der Waals surface area (Å²) in [6.07, 6.45) is 0. The zero-order valence-electron chi connectivity index (χ0n) is 3.10. The second kappa shape index (κ2) is 1.40. The lowest BCUT2D eigenvalue weighted by molar-refractivity contribution is -0.114. The van der Waals surface area contributed by atoms with E-state index in [9.17, 15) is 4.79 Å². The lowest BCUT2D eigenvalue weighted by Crippen LogP contribution is -2.12. The molecule has 0 aromatic carbocycles. The highest BCUT2D eigenvalue weighted by Crippen LogP contribution is 1.76. The average Bonchev–Trinajstić information content (AvgIpc) is 1.86. The minimum Gasteiger partial charge on any atom is -0.307 e. The second-order valence-corrected chi connectivity index (χ2v) is 1.02. The Labute approximate surface area is 35.9 Å². The standard InChI is InChI=1S/C2H3BNO2/c5-2-1-6-4-3-2/h4H,1H2. The summed E-state index contributed by atoms with van der Waals surface area (Å²) in [6, 6.07) is 0. The molecule has 0 spiro atoms. The Bertz CT molecular complexity index is 65.9. The molecular weight excluding hydrogens is 80.8 g/mol. The van der Waals surface area contributed by atoms with Gasteiger partial charge in [-0.25, -0.2) is 5.39 Å². The topological polar surface area (TPSA) is 38.3 Å². The summed E-state index contributed by atoms with van der Waals surface area (Å²) in [5, 5.41) is 2.30. The fraction of sp³-hybridized carbons (Fsp3) is 0.500. The maximum atomic E-state index is 10.0. The van der Waals surface area contributed by atoms with Crippen molar-refractivity contribution in [2.45, 2.75) is 0 Å². The Morgan fingerprint density at radius 1 is 2.00 bits per heavy atom. The molecule has 1 fully saturated rings. The molecule has 1 rings (SSSR count). The molecule has 1 aliphatic heterocycles. The van der Waals surface area contributed by atoms with Gasteiger partial charge in [-0.2, -0.15) is 0 Å². The minimum absolute atomic E-state index is 0.00463. The quantitative estimate of drug-likeness (QED) is 0.369. The molecule has 0 aliphatic carbocycles. The molecule has 0 amide bonds. The summed E-state index contributed by atoms with van der Waals surface area (Å²) < 4.78 is 0. The van der Waals surface area contributed by atoms with Crippen molar-refractivity contribution >= 4 is 13.1 Å². The van der Waals surface area contributed by atoms with Crippen LogP contribution in [0.3, 0.4) is 0 Å². The summed E-state index contributed by atoms with van der Waals surface area (Å²) in [6.45, 7) is 0.181. The zero-order chi connectivity index (χ0) is 4.41. The molecule has 1 N–H and O–H groups in total. The highest BCUT2D eigenvalue weighted by molar-refractivity contribution is 6.72. The molecule has 0 atom stereocenters. The molecule has 0 saturated carbocycles. The maximum absolute atomic E-state index is 10.0. The molecule has 0 aromatic rings. The van der Waals surface area contributed by atoms with Crippen molar-refractivity contribution < 1.29 is 9.63 Å². The van der Waals surface area contributed by atoms with Crippen LogP contribution in [0, 0.1) is 0 Å². The van der Waals surface area contributed by atoms with Gasteiger partial charge in [-0.05, 0) is 0 Å². The normalized spacial score (nSPS) is 21.0. The second-order valence-electron chi connectivity index (χ2n) is 1.02. The van der Waals surface area contributed by atoms with Crippen molar-refractivity contribution in [2.24, 2.45) is 0 Å². The number of carbonyl (C=O) groups is 1. The molecule has 1 saturated heterocycles. The van der Waals surface area contributed by atoms with Gasteiger partial charge < -0.3 is 9.63 Å².